The molecule has 1 aromatic rings. The summed E-state index contributed by atoms with van der Waals surface area (Å²) in [6.45, 7) is 6.25. The van der Waals surface area contributed by atoms with E-state index in [0.29, 0.717) is 6.54 Å². The minimum absolute atomic E-state index is 0. The number of amides is 1. The van der Waals surface area contributed by atoms with E-state index in [0.717, 1.165) is 17.0 Å². The number of carbonyl (C=O) groups excluding carboxylic acids is 1. The first kappa shape index (κ1) is 16.7. The molecule has 0 radical (unpaired) electrons. The number of benzene rings is 1. The molecule has 0 aliphatic rings. The molecule has 5 heteroatoms. The normalized spacial score (nSPS) is 9.83. The Hall–Kier alpha value is -1.26. The zero-order valence-electron chi connectivity index (χ0n) is 11.2. The van der Waals surface area contributed by atoms with Crippen LogP contribution in [0.3, 0.4) is 0 Å². The number of anilines is 1. The highest BCUT2D eigenvalue weighted by molar-refractivity contribution is 5.92. The lowest BCUT2D eigenvalue weighted by molar-refractivity contribution is -0.115. The van der Waals surface area contributed by atoms with Gasteiger partial charge in [0.05, 0.1) is 12.6 Å². The molecule has 0 bridgehead atoms. The minimum atomic E-state index is -0.0515. The zero-order chi connectivity index (χ0) is 12.8. The predicted octanol–water partition coefficient (Wildman–Crippen LogP) is 2.36. The van der Waals surface area contributed by atoms with E-state index >= 15 is 0 Å². The van der Waals surface area contributed by atoms with Crippen LogP contribution in [0.15, 0.2) is 18.2 Å². The van der Waals surface area contributed by atoms with Crippen molar-refractivity contribution in [2.24, 2.45) is 0 Å². The van der Waals surface area contributed by atoms with Gasteiger partial charge in [0.1, 0.15) is 5.75 Å². The van der Waals surface area contributed by atoms with Gasteiger partial charge >= 0.3 is 0 Å². The van der Waals surface area contributed by atoms with Gasteiger partial charge < -0.3 is 15.4 Å². The van der Waals surface area contributed by atoms with E-state index in [-0.39, 0.29) is 24.4 Å². The standard InChI is InChI=1S/C13H20N2O2.ClH/c1-9(2)17-12-6-5-11(7-10(12)3)15-13(16)8-14-4;/h5-7,9,14H,8H2,1-4H3,(H,15,16);1H. The lowest BCUT2D eigenvalue weighted by Gasteiger charge is -2.13. The Morgan fingerprint density at radius 2 is 2.06 bits per heavy atom. The summed E-state index contributed by atoms with van der Waals surface area (Å²) in [5, 5.41) is 5.61. The van der Waals surface area contributed by atoms with Gasteiger partial charge in [0.15, 0.2) is 0 Å². The second-order valence-electron chi connectivity index (χ2n) is 4.23. The first-order valence-electron chi connectivity index (χ1n) is 5.74. The van der Waals surface area contributed by atoms with Gasteiger partial charge in [0.2, 0.25) is 5.91 Å². The number of hydrogen-bond acceptors (Lipinski definition) is 3. The van der Waals surface area contributed by atoms with E-state index in [1.807, 2.05) is 39.0 Å². The molecular formula is C13H21ClN2O2. The molecule has 0 heterocycles. The third-order valence-corrected chi connectivity index (χ3v) is 2.16. The Bertz CT molecular complexity index is 395. The van der Waals surface area contributed by atoms with Gasteiger partial charge in [-0.15, -0.1) is 12.4 Å². The maximum absolute atomic E-state index is 11.4. The van der Waals surface area contributed by atoms with E-state index < -0.39 is 0 Å². The number of ether oxygens (including phenoxy) is 1. The molecule has 0 spiro atoms. The average molecular weight is 273 g/mol. The summed E-state index contributed by atoms with van der Waals surface area (Å²) in [5.74, 6) is 0.802. The Kier molecular flexibility index (Phi) is 7.39. The van der Waals surface area contributed by atoms with Crippen LogP contribution in [0, 0.1) is 6.92 Å². The average Bonchev–Trinajstić information content (AvgIpc) is 2.22. The van der Waals surface area contributed by atoms with Crippen molar-refractivity contribution in [2.45, 2.75) is 26.9 Å². The van der Waals surface area contributed by atoms with Crippen molar-refractivity contribution < 1.29 is 9.53 Å². The first-order chi connectivity index (χ1) is 8.02. The maximum Gasteiger partial charge on any atom is 0.238 e. The largest absolute Gasteiger partial charge is 0.491 e. The molecule has 0 saturated heterocycles. The fourth-order valence-corrected chi connectivity index (χ4v) is 1.48. The van der Waals surface area contributed by atoms with Crippen LogP contribution >= 0.6 is 12.4 Å². The van der Waals surface area contributed by atoms with E-state index in [2.05, 4.69) is 10.6 Å². The van der Waals surface area contributed by atoms with Gasteiger partial charge in [-0.05, 0) is 51.6 Å². The molecule has 0 atom stereocenters. The smallest absolute Gasteiger partial charge is 0.238 e. The second-order valence-corrected chi connectivity index (χ2v) is 4.23. The summed E-state index contributed by atoms with van der Waals surface area (Å²) in [4.78, 5) is 11.4. The molecule has 102 valence electrons. The lowest BCUT2D eigenvalue weighted by Crippen LogP contribution is -2.25. The summed E-state index contributed by atoms with van der Waals surface area (Å²) < 4.78 is 5.63. The fourth-order valence-electron chi connectivity index (χ4n) is 1.48. The molecular weight excluding hydrogens is 252 g/mol. The summed E-state index contributed by atoms with van der Waals surface area (Å²) in [7, 11) is 1.74. The Labute approximate surface area is 115 Å². The SMILES string of the molecule is CNCC(=O)Nc1ccc(OC(C)C)c(C)c1.Cl. The highest BCUT2D eigenvalue weighted by Crippen LogP contribution is 2.22. The third kappa shape index (κ3) is 5.38. The molecule has 0 unspecified atom stereocenters. The van der Waals surface area contributed by atoms with E-state index in [1.54, 1.807) is 7.05 Å². The van der Waals surface area contributed by atoms with Gasteiger partial charge in [-0.25, -0.2) is 0 Å². The van der Waals surface area contributed by atoms with Gasteiger partial charge in [0.25, 0.3) is 0 Å². The molecule has 0 fully saturated rings. The van der Waals surface area contributed by atoms with Crippen LogP contribution in [0.5, 0.6) is 5.75 Å². The van der Waals surface area contributed by atoms with Crippen molar-refractivity contribution in [1.82, 2.24) is 5.32 Å². The number of halogens is 1. The molecule has 0 aliphatic carbocycles. The Balaban J connectivity index is 0.00000289. The van der Waals surface area contributed by atoms with Crippen LogP contribution in [0.2, 0.25) is 0 Å². The summed E-state index contributed by atoms with van der Waals surface area (Å²) >= 11 is 0. The summed E-state index contributed by atoms with van der Waals surface area (Å²) in [6.07, 6.45) is 0.151. The molecule has 0 saturated carbocycles. The number of nitrogens with one attached hydrogen (secondary N) is 2. The van der Waals surface area contributed by atoms with Gasteiger partial charge in [0, 0.05) is 5.69 Å². The molecule has 0 aliphatic heterocycles. The van der Waals surface area contributed by atoms with Crippen molar-refractivity contribution in [1.29, 1.82) is 0 Å². The highest BCUT2D eigenvalue weighted by Gasteiger charge is 2.05. The highest BCUT2D eigenvalue weighted by atomic mass is 35.5. The number of likely N-dealkylation sites (N-methyl/N-ethyl adjacent to an activating group) is 1. The number of carbonyl (C=O) groups is 1. The quantitative estimate of drug-likeness (QED) is 0.865. The third-order valence-electron chi connectivity index (χ3n) is 2.16. The van der Waals surface area contributed by atoms with Crippen LogP contribution < -0.4 is 15.4 Å². The van der Waals surface area contributed by atoms with E-state index in [4.69, 9.17) is 4.74 Å². The monoisotopic (exact) mass is 272 g/mol. The second kappa shape index (κ2) is 7.95. The molecule has 1 aromatic carbocycles. The van der Waals surface area contributed by atoms with Crippen LogP contribution in [0.4, 0.5) is 5.69 Å². The molecule has 1 amide bonds. The van der Waals surface area contributed by atoms with E-state index in [1.165, 1.54) is 0 Å². The molecule has 4 nitrogen and oxygen atoms in total. The van der Waals surface area contributed by atoms with Crippen molar-refractivity contribution in [3.8, 4) is 5.75 Å². The number of hydrogen-bond donors (Lipinski definition) is 2. The van der Waals surface area contributed by atoms with Crippen LogP contribution in [-0.4, -0.2) is 25.6 Å². The first-order valence-corrected chi connectivity index (χ1v) is 5.74. The molecule has 1 rings (SSSR count). The van der Waals surface area contributed by atoms with Crippen LogP contribution in [0.25, 0.3) is 0 Å². The lowest BCUT2D eigenvalue weighted by atomic mass is 10.2. The number of aryl methyl sites for hydroxylation is 1. The predicted molar refractivity (Wildman–Crippen MR) is 76.7 cm³/mol. The molecule has 18 heavy (non-hydrogen) atoms. The maximum atomic E-state index is 11.4. The van der Waals surface area contributed by atoms with Crippen molar-refractivity contribution in [3.63, 3.8) is 0 Å². The van der Waals surface area contributed by atoms with Gasteiger partial charge in [-0.2, -0.15) is 0 Å². The Morgan fingerprint density at radius 3 is 2.56 bits per heavy atom. The zero-order valence-corrected chi connectivity index (χ0v) is 12.1. The summed E-state index contributed by atoms with van der Waals surface area (Å²) in [5.41, 5.74) is 1.81. The molecule has 2 N–H and O–H groups in total. The fraction of sp³-hybridized carbons (Fsp3) is 0.462. The topological polar surface area (TPSA) is 50.4 Å². The van der Waals surface area contributed by atoms with Crippen molar-refractivity contribution in [3.05, 3.63) is 23.8 Å². The Morgan fingerprint density at radius 1 is 1.39 bits per heavy atom. The van der Waals surface area contributed by atoms with Gasteiger partial charge in [-0.1, -0.05) is 0 Å². The van der Waals surface area contributed by atoms with Crippen LogP contribution in [0.1, 0.15) is 19.4 Å². The molecule has 0 aromatic heterocycles. The minimum Gasteiger partial charge on any atom is -0.491 e. The van der Waals surface area contributed by atoms with Crippen molar-refractivity contribution >= 4 is 24.0 Å². The number of rotatable bonds is 5. The van der Waals surface area contributed by atoms with Gasteiger partial charge in [-0.3, -0.25) is 4.79 Å². The van der Waals surface area contributed by atoms with Crippen molar-refractivity contribution in [2.75, 3.05) is 18.9 Å². The van der Waals surface area contributed by atoms with Crippen LogP contribution in [-0.2, 0) is 4.79 Å². The summed E-state index contributed by atoms with van der Waals surface area (Å²) in [6, 6.07) is 5.63. The van der Waals surface area contributed by atoms with E-state index in [9.17, 15) is 4.79 Å².